The molecule has 1 aromatic heterocycles. The first kappa shape index (κ1) is 29.1. The van der Waals surface area contributed by atoms with Crippen LogP contribution in [-0.2, 0) is 17.6 Å². The number of fused-ring (bicyclic) bond motifs is 1. The Hall–Kier alpha value is -4.39. The molecule has 1 N–H and O–H groups in total. The first-order valence-corrected chi connectivity index (χ1v) is 13.9. The molecule has 4 aromatic rings. The van der Waals surface area contributed by atoms with E-state index < -0.39 is 11.9 Å². The van der Waals surface area contributed by atoms with Crippen molar-refractivity contribution < 1.29 is 28.2 Å². The molecule has 0 aliphatic carbocycles. The van der Waals surface area contributed by atoms with Crippen molar-refractivity contribution in [2.75, 3.05) is 26.2 Å². The number of halogens is 2. The van der Waals surface area contributed by atoms with Crippen molar-refractivity contribution in [3.05, 3.63) is 101 Å². The Labute approximate surface area is 243 Å². The lowest BCUT2D eigenvalue weighted by Crippen LogP contribution is -2.38. The summed E-state index contributed by atoms with van der Waals surface area (Å²) in [5, 5.41) is 11.0. The number of carbonyl (C=O) groups is 1. The van der Waals surface area contributed by atoms with Crippen LogP contribution in [0.15, 0.2) is 66.9 Å². The normalized spacial score (nSPS) is 14.3. The minimum Gasteiger partial charge on any atom is -0.502 e. The smallest absolute Gasteiger partial charge is 0.229 e. The number of aliphatic hydroxyl groups excluding tert-OH is 1. The second-order valence-electron chi connectivity index (χ2n) is 10.5. The highest BCUT2D eigenvalue weighted by atomic mass is 19.1. The second-order valence-corrected chi connectivity index (χ2v) is 10.5. The van der Waals surface area contributed by atoms with Crippen molar-refractivity contribution in [1.29, 1.82) is 0 Å². The molecular weight excluding hydrogens is 540 g/mol. The van der Waals surface area contributed by atoms with E-state index in [0.29, 0.717) is 34.5 Å². The number of hydrogen-bond donors (Lipinski definition) is 1. The molecular formula is C33H31F2N3O4. The van der Waals surface area contributed by atoms with Crippen molar-refractivity contribution >= 4 is 22.4 Å². The number of carbonyl (C=O) groups excluding carboxylic acids is 1. The maximum Gasteiger partial charge on any atom is 0.229 e. The van der Waals surface area contributed by atoms with Crippen molar-refractivity contribution in [2.24, 2.45) is 0 Å². The number of benzene rings is 3. The topological polar surface area (TPSA) is 76.2 Å². The molecule has 5 rings (SSSR count). The molecule has 42 heavy (non-hydrogen) atoms. The summed E-state index contributed by atoms with van der Waals surface area (Å²) in [5.74, 6) is -0.244. The van der Waals surface area contributed by atoms with Gasteiger partial charge in [-0.25, -0.2) is 13.6 Å². The largest absolute Gasteiger partial charge is 0.502 e. The lowest BCUT2D eigenvalue weighted by atomic mass is 10.0. The van der Waals surface area contributed by atoms with Gasteiger partial charge in [0.05, 0.1) is 12.1 Å². The molecule has 0 bridgehead atoms. The summed E-state index contributed by atoms with van der Waals surface area (Å²) in [7, 11) is 0. The van der Waals surface area contributed by atoms with E-state index in [1.54, 1.807) is 30.5 Å². The SMILES string of the molecule is [C-]#[N+]c1cc2c(Oc3ccc(CC(=O)Cc4ccc(F)cc4)c(F)c3)ccnc2cc1OCC(O)CN1CCCCC1. The molecule has 7 nitrogen and oxygen atoms in total. The molecule has 0 saturated carbocycles. The fourth-order valence-electron chi connectivity index (χ4n) is 5.07. The van der Waals surface area contributed by atoms with E-state index in [9.17, 15) is 18.7 Å². The maximum absolute atomic E-state index is 14.9. The Bertz CT molecular complexity index is 1600. The number of rotatable bonds is 11. The van der Waals surface area contributed by atoms with E-state index in [1.807, 2.05) is 0 Å². The van der Waals surface area contributed by atoms with Crippen LogP contribution < -0.4 is 9.47 Å². The van der Waals surface area contributed by atoms with Gasteiger partial charge in [-0.1, -0.05) is 24.6 Å². The molecule has 1 saturated heterocycles. The number of ketones is 1. The van der Waals surface area contributed by atoms with Crippen LogP contribution >= 0.6 is 0 Å². The molecule has 0 radical (unpaired) electrons. The summed E-state index contributed by atoms with van der Waals surface area (Å²) < 4.78 is 39.8. The summed E-state index contributed by atoms with van der Waals surface area (Å²) in [6.45, 7) is 10.2. The second kappa shape index (κ2) is 13.5. The van der Waals surface area contributed by atoms with E-state index in [1.165, 1.54) is 42.8 Å². The molecule has 216 valence electrons. The number of hydrogen-bond acceptors (Lipinski definition) is 6. The summed E-state index contributed by atoms with van der Waals surface area (Å²) in [4.78, 5) is 22.6. The average molecular weight is 572 g/mol. The fraction of sp³-hybridized carbons (Fsp3) is 0.303. The number of aliphatic hydroxyl groups is 1. The predicted molar refractivity (Wildman–Crippen MR) is 155 cm³/mol. The number of piperidine rings is 1. The van der Waals surface area contributed by atoms with Crippen molar-refractivity contribution in [3.8, 4) is 17.2 Å². The Balaban J connectivity index is 1.26. The summed E-state index contributed by atoms with van der Waals surface area (Å²) in [5.41, 5.74) is 1.65. The van der Waals surface area contributed by atoms with Gasteiger partial charge >= 0.3 is 0 Å². The Kier molecular flexibility index (Phi) is 9.37. The van der Waals surface area contributed by atoms with Gasteiger partial charge in [-0.05, 0) is 73.5 Å². The minimum absolute atomic E-state index is 0.0543. The van der Waals surface area contributed by atoms with Gasteiger partial charge in [0.2, 0.25) is 5.69 Å². The molecule has 2 heterocycles. The molecule has 1 aliphatic heterocycles. The van der Waals surface area contributed by atoms with Gasteiger partial charge in [0.1, 0.15) is 47.4 Å². The third-order valence-electron chi connectivity index (χ3n) is 7.21. The van der Waals surface area contributed by atoms with Crippen LogP contribution in [0.3, 0.4) is 0 Å². The third-order valence-corrected chi connectivity index (χ3v) is 7.21. The van der Waals surface area contributed by atoms with E-state index in [0.717, 1.165) is 25.9 Å². The summed E-state index contributed by atoms with van der Waals surface area (Å²) in [6.07, 6.45) is 4.31. The molecule has 1 atom stereocenters. The van der Waals surface area contributed by atoms with Crippen molar-refractivity contribution in [1.82, 2.24) is 9.88 Å². The third kappa shape index (κ3) is 7.46. The highest BCUT2D eigenvalue weighted by Crippen LogP contribution is 2.37. The number of ether oxygens (including phenoxy) is 2. The lowest BCUT2D eigenvalue weighted by Gasteiger charge is -2.28. The van der Waals surface area contributed by atoms with Gasteiger partial charge in [-0.15, -0.1) is 0 Å². The van der Waals surface area contributed by atoms with E-state index in [2.05, 4.69) is 14.7 Å². The van der Waals surface area contributed by atoms with E-state index in [-0.39, 0.29) is 48.0 Å². The lowest BCUT2D eigenvalue weighted by molar-refractivity contribution is -0.117. The number of pyridine rings is 1. The van der Waals surface area contributed by atoms with Crippen LogP contribution in [0.25, 0.3) is 15.7 Å². The predicted octanol–water partition coefficient (Wildman–Crippen LogP) is 6.44. The van der Waals surface area contributed by atoms with E-state index >= 15 is 0 Å². The van der Waals surface area contributed by atoms with Crippen LogP contribution in [0.1, 0.15) is 30.4 Å². The Morgan fingerprint density at radius 3 is 2.52 bits per heavy atom. The van der Waals surface area contributed by atoms with Crippen LogP contribution in [0.4, 0.5) is 14.5 Å². The molecule has 0 spiro atoms. The zero-order valence-electron chi connectivity index (χ0n) is 23.1. The van der Waals surface area contributed by atoms with Crippen LogP contribution in [0, 0.1) is 18.2 Å². The standard InChI is InChI=1S/C33H31F2N3O4/c1-36-31-18-28-30(19-33(31)41-21-26(40)20-38-13-3-2-4-14-38)37-12-11-32(28)42-27-10-7-23(29(35)17-27)16-25(39)15-22-5-8-24(34)9-6-22/h5-12,17-19,26,40H,2-4,13-16,20-21H2. The molecule has 1 fully saturated rings. The van der Waals surface area contributed by atoms with Crippen molar-refractivity contribution in [3.63, 3.8) is 0 Å². The van der Waals surface area contributed by atoms with Crippen LogP contribution in [0.5, 0.6) is 17.2 Å². The van der Waals surface area contributed by atoms with Gasteiger partial charge in [-0.3, -0.25) is 9.78 Å². The number of likely N-dealkylation sites (tertiary alicyclic amines) is 1. The number of nitrogens with zero attached hydrogens (tertiary/aromatic N) is 3. The maximum atomic E-state index is 14.9. The number of aromatic nitrogens is 1. The first-order chi connectivity index (χ1) is 20.4. The molecule has 9 heteroatoms. The first-order valence-electron chi connectivity index (χ1n) is 13.9. The zero-order valence-corrected chi connectivity index (χ0v) is 23.1. The number of β-amino-alcohol motifs (C(OH)–C–C–N with tert-alkyl or cyclic N) is 1. The molecule has 3 aromatic carbocycles. The molecule has 1 aliphatic rings. The highest BCUT2D eigenvalue weighted by molar-refractivity contribution is 5.91. The van der Waals surface area contributed by atoms with Gasteiger partial charge in [0.25, 0.3) is 0 Å². The Morgan fingerprint density at radius 2 is 1.79 bits per heavy atom. The van der Waals surface area contributed by atoms with Gasteiger partial charge in [0, 0.05) is 37.0 Å². The monoisotopic (exact) mass is 571 g/mol. The molecule has 0 amide bonds. The number of Topliss-reactive ketones (excluding diaryl/α,β-unsaturated/α-hetero) is 1. The summed E-state index contributed by atoms with van der Waals surface area (Å²) >= 11 is 0. The van der Waals surface area contributed by atoms with Crippen LogP contribution in [0.2, 0.25) is 0 Å². The van der Waals surface area contributed by atoms with Crippen molar-refractivity contribution in [2.45, 2.75) is 38.2 Å². The Morgan fingerprint density at radius 1 is 1.00 bits per heavy atom. The van der Waals surface area contributed by atoms with Gasteiger partial charge in [-0.2, -0.15) is 0 Å². The zero-order chi connectivity index (χ0) is 29.5. The fourth-order valence-corrected chi connectivity index (χ4v) is 5.07. The minimum atomic E-state index is -0.684. The molecule has 1 unspecified atom stereocenters. The average Bonchev–Trinajstić information content (AvgIpc) is 2.99. The highest BCUT2D eigenvalue weighted by Gasteiger charge is 2.18. The van der Waals surface area contributed by atoms with Gasteiger partial charge < -0.3 is 19.5 Å². The van der Waals surface area contributed by atoms with E-state index in [4.69, 9.17) is 16.0 Å². The van der Waals surface area contributed by atoms with Crippen LogP contribution in [-0.4, -0.2) is 53.1 Å². The summed E-state index contributed by atoms with van der Waals surface area (Å²) in [6, 6.07) is 14.8. The van der Waals surface area contributed by atoms with Gasteiger partial charge in [0.15, 0.2) is 0 Å². The quantitative estimate of drug-likeness (QED) is 0.209.